The Morgan fingerprint density at radius 2 is 1.67 bits per heavy atom. The SMILES string of the molecule is NC(N)=NC[C@]1(O)[C@H](O)[C@@H](C(=O)O)O[C@@H](Oc2cc3oc(-c4ccc(O)cc4C4=Cc5ccccc5[C@@H]5CCCC[C@H]45)cc(=O)c3c(O)c2O)[C@@H]1O. The molecule has 52 heavy (non-hydrogen) atoms. The number of nitrogens with zero attached hydrogens (tertiary/aromatic N) is 1. The molecule has 1 aromatic heterocycles. The van der Waals surface area contributed by atoms with E-state index in [1.54, 1.807) is 12.1 Å². The van der Waals surface area contributed by atoms with Gasteiger partial charge in [0.05, 0.1) is 6.54 Å². The van der Waals surface area contributed by atoms with Gasteiger partial charge in [0.1, 0.15) is 40.3 Å². The molecule has 1 saturated carbocycles. The van der Waals surface area contributed by atoms with E-state index < -0.39 is 76.7 Å². The van der Waals surface area contributed by atoms with Crippen molar-refractivity contribution in [2.75, 3.05) is 6.54 Å². The van der Waals surface area contributed by atoms with Crippen LogP contribution in [0.1, 0.15) is 48.3 Å². The molecule has 11 N–H and O–H groups in total. The Morgan fingerprint density at radius 3 is 2.40 bits per heavy atom. The zero-order chi connectivity index (χ0) is 37.1. The lowest BCUT2D eigenvalue weighted by Crippen LogP contribution is -2.70. The molecule has 0 radical (unpaired) electrons. The molecule has 1 saturated heterocycles. The van der Waals surface area contributed by atoms with Gasteiger partial charge in [0.2, 0.25) is 12.0 Å². The molecule has 7 rings (SSSR count). The Kier molecular flexibility index (Phi) is 8.82. The zero-order valence-electron chi connectivity index (χ0n) is 27.5. The molecular formula is C37H37N3O12. The van der Waals surface area contributed by atoms with Crippen molar-refractivity contribution in [2.45, 2.75) is 61.8 Å². The van der Waals surface area contributed by atoms with Gasteiger partial charge in [0.25, 0.3) is 0 Å². The highest BCUT2D eigenvalue weighted by Gasteiger charge is 2.58. The van der Waals surface area contributed by atoms with E-state index in [4.69, 9.17) is 25.4 Å². The van der Waals surface area contributed by atoms with Crippen LogP contribution >= 0.6 is 0 Å². The van der Waals surface area contributed by atoms with E-state index >= 15 is 0 Å². The summed E-state index contributed by atoms with van der Waals surface area (Å²) in [4.78, 5) is 29.1. The summed E-state index contributed by atoms with van der Waals surface area (Å²) in [6, 6.07) is 15.1. The van der Waals surface area contributed by atoms with Crippen molar-refractivity contribution < 1.29 is 54.4 Å². The van der Waals surface area contributed by atoms with Crippen LogP contribution in [-0.4, -0.2) is 84.4 Å². The molecule has 7 atom stereocenters. The van der Waals surface area contributed by atoms with Gasteiger partial charge >= 0.3 is 5.97 Å². The molecule has 2 fully saturated rings. The minimum absolute atomic E-state index is 0.00267. The molecule has 0 bridgehead atoms. The van der Waals surface area contributed by atoms with Gasteiger partial charge < -0.3 is 61.1 Å². The first-order valence-electron chi connectivity index (χ1n) is 16.6. The summed E-state index contributed by atoms with van der Waals surface area (Å²) in [5, 5.41) is 74.5. The third-order valence-corrected chi connectivity index (χ3v) is 10.2. The van der Waals surface area contributed by atoms with Crippen LogP contribution in [0.15, 0.2) is 68.8 Å². The van der Waals surface area contributed by atoms with Crippen LogP contribution in [-0.2, 0) is 9.53 Å². The maximum Gasteiger partial charge on any atom is 0.335 e. The van der Waals surface area contributed by atoms with E-state index in [1.807, 2.05) is 18.2 Å². The number of carboxylic acid groups (broad SMARTS) is 1. The normalized spacial score (nSPS) is 26.9. The number of ether oxygens (including phenoxy) is 2. The van der Waals surface area contributed by atoms with Gasteiger partial charge in [-0.25, -0.2) is 4.79 Å². The number of rotatable bonds is 7. The average molecular weight is 716 g/mol. The lowest BCUT2D eigenvalue weighted by atomic mass is 9.66. The number of nitrogens with two attached hydrogens (primary N) is 2. The van der Waals surface area contributed by atoms with E-state index in [9.17, 15) is 45.3 Å². The number of carbonyl (C=O) groups is 1. The Morgan fingerprint density at radius 1 is 0.942 bits per heavy atom. The first-order valence-corrected chi connectivity index (χ1v) is 16.6. The number of carboxylic acids is 1. The standard InChI is InChI=1S/C37H37N3O12/c38-36(39)40-15-37(49)32(45)31(34(47)48)52-35(33(37)46)51-27-14-26-28(30(44)29(27)43)24(42)13-25(50-26)21-10-9-17(41)12-23(21)22-11-16-5-1-2-6-18(16)19-7-3-4-8-20(19)22/h1-2,5-6,9-14,19-20,31-33,35,41,43-46,49H,3-4,7-8,15H2,(H,47,48)(H4,38,39,40)/t19-,20-,31-,32+,33-,35+,37-/m0/s1. The molecule has 0 spiro atoms. The van der Waals surface area contributed by atoms with E-state index in [0.717, 1.165) is 49.0 Å². The van der Waals surface area contributed by atoms with Crippen molar-refractivity contribution in [3.8, 4) is 34.3 Å². The van der Waals surface area contributed by atoms with Crippen molar-refractivity contribution in [3.05, 3.63) is 81.5 Å². The third kappa shape index (κ3) is 5.86. The summed E-state index contributed by atoms with van der Waals surface area (Å²) in [7, 11) is 0. The summed E-state index contributed by atoms with van der Waals surface area (Å²) >= 11 is 0. The van der Waals surface area contributed by atoms with Crippen LogP contribution in [0.4, 0.5) is 0 Å². The zero-order valence-corrected chi connectivity index (χ0v) is 27.5. The lowest BCUT2D eigenvalue weighted by Gasteiger charge is -2.45. The number of aliphatic carboxylic acids is 1. The molecule has 3 aromatic carbocycles. The second-order valence-electron chi connectivity index (χ2n) is 13.4. The number of aliphatic imine (C=N–C) groups is 1. The topological polar surface area (TPSA) is 272 Å². The van der Waals surface area contributed by atoms with Gasteiger partial charge in [-0.3, -0.25) is 9.79 Å². The van der Waals surface area contributed by atoms with Crippen LogP contribution in [0.5, 0.6) is 23.0 Å². The molecule has 0 unspecified atom stereocenters. The number of aliphatic hydroxyl groups is 3. The highest BCUT2D eigenvalue weighted by Crippen LogP contribution is 2.52. The molecule has 15 heteroatoms. The van der Waals surface area contributed by atoms with Gasteiger partial charge in [-0.2, -0.15) is 0 Å². The monoisotopic (exact) mass is 715 g/mol. The van der Waals surface area contributed by atoms with E-state index in [0.29, 0.717) is 11.1 Å². The van der Waals surface area contributed by atoms with Crippen molar-refractivity contribution in [1.82, 2.24) is 0 Å². The summed E-state index contributed by atoms with van der Waals surface area (Å²) in [6.07, 6.45) is -2.56. The van der Waals surface area contributed by atoms with E-state index in [-0.39, 0.29) is 28.9 Å². The number of aliphatic hydroxyl groups excluding tert-OH is 2. The minimum Gasteiger partial charge on any atom is -0.508 e. The fourth-order valence-corrected chi connectivity index (χ4v) is 7.67. The van der Waals surface area contributed by atoms with Crippen LogP contribution in [0.3, 0.4) is 0 Å². The molecule has 2 aliphatic carbocycles. The van der Waals surface area contributed by atoms with Crippen LogP contribution in [0.25, 0.3) is 33.9 Å². The van der Waals surface area contributed by atoms with Crippen LogP contribution < -0.4 is 21.6 Å². The molecule has 272 valence electrons. The maximum absolute atomic E-state index is 13.6. The van der Waals surface area contributed by atoms with Crippen molar-refractivity contribution in [3.63, 3.8) is 0 Å². The van der Waals surface area contributed by atoms with Crippen LogP contribution in [0.2, 0.25) is 0 Å². The number of phenolic OH excluding ortho intramolecular Hbond substituents is 3. The smallest absolute Gasteiger partial charge is 0.335 e. The number of hydrogen-bond acceptors (Lipinski definition) is 12. The van der Waals surface area contributed by atoms with Gasteiger partial charge in [-0.15, -0.1) is 0 Å². The number of phenols is 3. The largest absolute Gasteiger partial charge is 0.508 e. The summed E-state index contributed by atoms with van der Waals surface area (Å²) in [5.74, 6) is -4.39. The number of fused-ring (bicyclic) bond motifs is 4. The molecule has 0 amide bonds. The Bertz CT molecular complexity index is 2190. The molecule has 2 heterocycles. The second kappa shape index (κ2) is 13.2. The highest BCUT2D eigenvalue weighted by molar-refractivity contribution is 5.94. The number of aromatic hydroxyl groups is 3. The quantitative estimate of drug-likeness (QED) is 0.0755. The van der Waals surface area contributed by atoms with Gasteiger partial charge in [-0.1, -0.05) is 43.2 Å². The second-order valence-corrected chi connectivity index (χ2v) is 13.4. The summed E-state index contributed by atoms with van der Waals surface area (Å²) in [6.45, 7) is -0.865. The third-order valence-electron chi connectivity index (χ3n) is 10.2. The Hall–Kier alpha value is -5.61. The summed E-state index contributed by atoms with van der Waals surface area (Å²) in [5.41, 5.74) is 11.4. The molecular weight excluding hydrogens is 678 g/mol. The molecule has 4 aromatic rings. The van der Waals surface area contributed by atoms with Crippen LogP contribution in [0, 0.1) is 5.92 Å². The van der Waals surface area contributed by atoms with Gasteiger partial charge in [0, 0.05) is 17.7 Å². The van der Waals surface area contributed by atoms with Gasteiger partial charge in [-0.05, 0) is 65.1 Å². The Labute approximate surface area is 295 Å². The fourth-order valence-electron chi connectivity index (χ4n) is 7.67. The minimum atomic E-state index is -2.72. The molecule has 1 aliphatic heterocycles. The average Bonchev–Trinajstić information content (AvgIpc) is 3.12. The van der Waals surface area contributed by atoms with Gasteiger partial charge in [0.15, 0.2) is 29.0 Å². The Balaban J connectivity index is 1.32. The first kappa shape index (κ1) is 34.8. The highest BCUT2D eigenvalue weighted by atomic mass is 16.7. The number of hydrogen-bond donors (Lipinski definition) is 9. The van der Waals surface area contributed by atoms with Crippen molar-refractivity contribution >= 4 is 34.5 Å². The fraction of sp³-hybridized carbons (Fsp3) is 0.324. The predicted octanol–water partition coefficient (Wildman–Crippen LogP) is 2.32. The van der Waals surface area contributed by atoms with E-state index in [1.165, 1.54) is 11.6 Å². The van der Waals surface area contributed by atoms with E-state index in [2.05, 4.69) is 17.1 Å². The molecule has 3 aliphatic rings. The predicted molar refractivity (Wildman–Crippen MR) is 186 cm³/mol. The first-order chi connectivity index (χ1) is 24.8. The molecule has 15 nitrogen and oxygen atoms in total. The summed E-state index contributed by atoms with van der Waals surface area (Å²) < 4.78 is 17.0. The number of allylic oxidation sites excluding steroid dienone is 1. The maximum atomic E-state index is 13.6. The van der Waals surface area contributed by atoms with Crippen molar-refractivity contribution in [2.24, 2.45) is 22.4 Å². The number of guanidine groups is 1. The van der Waals surface area contributed by atoms with Crippen molar-refractivity contribution in [1.29, 1.82) is 0 Å². The lowest BCUT2D eigenvalue weighted by molar-refractivity contribution is -0.303. The number of benzene rings is 3.